The maximum absolute atomic E-state index is 11.6. The van der Waals surface area contributed by atoms with Crippen LogP contribution in [0.25, 0.3) is 0 Å². The van der Waals surface area contributed by atoms with E-state index in [1.54, 1.807) is 12.1 Å². The van der Waals surface area contributed by atoms with Gasteiger partial charge in [-0.1, -0.05) is 22.0 Å². The van der Waals surface area contributed by atoms with Gasteiger partial charge in [0, 0.05) is 23.7 Å². The molecule has 0 aliphatic rings. The van der Waals surface area contributed by atoms with Gasteiger partial charge in [-0.05, 0) is 18.2 Å². The summed E-state index contributed by atoms with van der Waals surface area (Å²) in [6.45, 7) is 0.502. The van der Waals surface area contributed by atoms with Crippen LogP contribution in [-0.4, -0.2) is 32.5 Å². The number of nitrogens with one attached hydrogen (secondary N) is 1. The lowest BCUT2D eigenvalue weighted by molar-refractivity contribution is 0.0956. The van der Waals surface area contributed by atoms with E-state index in [0.717, 1.165) is 6.26 Å². The number of carbonyl (C=O) groups is 1. The van der Waals surface area contributed by atoms with Gasteiger partial charge in [0.2, 0.25) is 0 Å². The average molecular weight is 306 g/mol. The van der Waals surface area contributed by atoms with Crippen LogP contribution in [0.3, 0.4) is 0 Å². The first-order chi connectivity index (χ1) is 7.45. The highest BCUT2D eigenvalue weighted by atomic mass is 79.9. The van der Waals surface area contributed by atoms with Crippen LogP contribution in [0.4, 0.5) is 0 Å². The normalized spacial score (nSPS) is 11.1. The average Bonchev–Trinajstić information content (AvgIpc) is 2.25. The van der Waals surface area contributed by atoms with Crippen LogP contribution < -0.4 is 5.32 Å². The molecule has 1 N–H and O–H groups in total. The van der Waals surface area contributed by atoms with Crippen molar-refractivity contribution < 1.29 is 13.2 Å². The largest absolute Gasteiger partial charge is 0.351 e. The van der Waals surface area contributed by atoms with Gasteiger partial charge in [0.1, 0.15) is 0 Å². The lowest BCUT2D eigenvalue weighted by Crippen LogP contribution is -2.25. The van der Waals surface area contributed by atoms with Crippen molar-refractivity contribution in [3.8, 4) is 0 Å². The van der Waals surface area contributed by atoms with Crippen LogP contribution in [0.5, 0.6) is 0 Å². The van der Waals surface area contributed by atoms with E-state index in [0.29, 0.717) is 17.4 Å². The Hall–Kier alpha value is -0.880. The van der Waals surface area contributed by atoms with Gasteiger partial charge in [0.15, 0.2) is 9.84 Å². The lowest BCUT2D eigenvalue weighted by atomic mass is 10.2. The van der Waals surface area contributed by atoms with Crippen molar-refractivity contribution >= 4 is 31.7 Å². The molecule has 1 rings (SSSR count). The predicted molar refractivity (Wildman–Crippen MR) is 65.7 cm³/mol. The molecule has 88 valence electrons. The van der Waals surface area contributed by atoms with Crippen molar-refractivity contribution in [2.45, 2.75) is 4.90 Å². The molecule has 1 aromatic carbocycles. The van der Waals surface area contributed by atoms with Gasteiger partial charge >= 0.3 is 0 Å². The second kappa shape index (κ2) is 5.45. The first-order valence-corrected chi connectivity index (χ1v) is 7.60. The van der Waals surface area contributed by atoms with E-state index >= 15 is 0 Å². The second-order valence-corrected chi connectivity index (χ2v) is 6.05. The molecule has 0 aliphatic carbocycles. The minimum Gasteiger partial charge on any atom is -0.351 e. The van der Waals surface area contributed by atoms with Crippen molar-refractivity contribution in [2.75, 3.05) is 18.1 Å². The SMILES string of the molecule is CS(=O)(=O)c1cccc(C(=O)NCCBr)c1. The second-order valence-electron chi connectivity index (χ2n) is 3.24. The Morgan fingerprint density at radius 2 is 2.12 bits per heavy atom. The minimum absolute atomic E-state index is 0.152. The van der Waals surface area contributed by atoms with E-state index in [1.807, 2.05) is 0 Å². The van der Waals surface area contributed by atoms with Crippen molar-refractivity contribution in [3.63, 3.8) is 0 Å². The fraction of sp³-hybridized carbons (Fsp3) is 0.300. The Morgan fingerprint density at radius 3 is 2.69 bits per heavy atom. The molecule has 0 fully saturated rings. The maximum atomic E-state index is 11.6. The zero-order chi connectivity index (χ0) is 12.2. The van der Waals surface area contributed by atoms with E-state index in [-0.39, 0.29) is 10.8 Å². The molecule has 0 aromatic heterocycles. The number of halogens is 1. The first-order valence-electron chi connectivity index (χ1n) is 4.59. The van der Waals surface area contributed by atoms with E-state index in [9.17, 15) is 13.2 Å². The molecular weight excluding hydrogens is 294 g/mol. The zero-order valence-electron chi connectivity index (χ0n) is 8.73. The quantitative estimate of drug-likeness (QED) is 0.851. The van der Waals surface area contributed by atoms with Gasteiger partial charge in [0.25, 0.3) is 5.91 Å². The van der Waals surface area contributed by atoms with Crippen molar-refractivity contribution in [1.82, 2.24) is 5.32 Å². The fourth-order valence-corrected chi connectivity index (χ4v) is 2.00. The summed E-state index contributed by atoms with van der Waals surface area (Å²) in [5.41, 5.74) is 0.351. The Kier molecular flexibility index (Phi) is 4.49. The Labute approximate surface area is 103 Å². The molecular formula is C10H12BrNO3S. The van der Waals surface area contributed by atoms with E-state index < -0.39 is 9.84 Å². The molecule has 0 spiro atoms. The molecule has 1 amide bonds. The van der Waals surface area contributed by atoms with Gasteiger partial charge in [-0.2, -0.15) is 0 Å². The smallest absolute Gasteiger partial charge is 0.251 e. The van der Waals surface area contributed by atoms with Gasteiger partial charge in [-0.25, -0.2) is 8.42 Å². The number of hydrogen-bond acceptors (Lipinski definition) is 3. The fourth-order valence-electron chi connectivity index (χ4n) is 1.13. The van der Waals surface area contributed by atoms with Gasteiger partial charge in [0.05, 0.1) is 4.90 Å². The molecule has 4 nitrogen and oxygen atoms in total. The van der Waals surface area contributed by atoms with Crippen LogP contribution in [0.15, 0.2) is 29.2 Å². The molecule has 16 heavy (non-hydrogen) atoms. The monoisotopic (exact) mass is 305 g/mol. The Bertz CT molecular complexity index is 485. The molecule has 0 heterocycles. The van der Waals surface area contributed by atoms with E-state index in [1.165, 1.54) is 12.1 Å². The van der Waals surface area contributed by atoms with Crippen LogP contribution >= 0.6 is 15.9 Å². The third-order valence-corrected chi connectivity index (χ3v) is 3.41. The molecule has 0 unspecified atom stereocenters. The number of alkyl halides is 1. The van der Waals surface area contributed by atoms with Crippen LogP contribution in [0.2, 0.25) is 0 Å². The van der Waals surface area contributed by atoms with Crippen molar-refractivity contribution in [3.05, 3.63) is 29.8 Å². The third kappa shape index (κ3) is 3.61. The summed E-state index contributed by atoms with van der Waals surface area (Å²) >= 11 is 3.19. The summed E-state index contributed by atoms with van der Waals surface area (Å²) < 4.78 is 22.6. The minimum atomic E-state index is -3.27. The highest BCUT2D eigenvalue weighted by molar-refractivity contribution is 9.09. The van der Waals surface area contributed by atoms with Crippen LogP contribution in [0, 0.1) is 0 Å². The van der Waals surface area contributed by atoms with E-state index in [2.05, 4.69) is 21.2 Å². The molecule has 0 saturated carbocycles. The van der Waals surface area contributed by atoms with E-state index in [4.69, 9.17) is 0 Å². The molecule has 0 radical (unpaired) electrons. The molecule has 1 aromatic rings. The van der Waals surface area contributed by atoms with Crippen molar-refractivity contribution in [1.29, 1.82) is 0 Å². The van der Waals surface area contributed by atoms with Gasteiger partial charge in [-0.15, -0.1) is 0 Å². The zero-order valence-corrected chi connectivity index (χ0v) is 11.1. The lowest BCUT2D eigenvalue weighted by Gasteiger charge is -2.04. The number of rotatable bonds is 4. The summed E-state index contributed by atoms with van der Waals surface area (Å²) in [6.07, 6.45) is 1.11. The van der Waals surface area contributed by atoms with Crippen LogP contribution in [-0.2, 0) is 9.84 Å². The standard InChI is InChI=1S/C10H12BrNO3S/c1-16(14,15)9-4-2-3-8(7-9)10(13)12-6-5-11/h2-4,7H,5-6H2,1H3,(H,12,13). The van der Waals surface area contributed by atoms with Crippen LogP contribution in [0.1, 0.15) is 10.4 Å². The number of hydrogen-bond donors (Lipinski definition) is 1. The number of carbonyl (C=O) groups excluding carboxylic acids is 1. The molecule has 0 saturated heterocycles. The summed E-state index contributed by atoms with van der Waals surface area (Å²) in [5.74, 6) is -0.273. The highest BCUT2D eigenvalue weighted by Crippen LogP contribution is 2.11. The summed E-state index contributed by atoms with van der Waals surface area (Å²) in [5, 5.41) is 3.30. The Balaban J connectivity index is 2.95. The Morgan fingerprint density at radius 1 is 1.44 bits per heavy atom. The van der Waals surface area contributed by atoms with Gasteiger partial charge in [-0.3, -0.25) is 4.79 Å². The van der Waals surface area contributed by atoms with Crippen molar-refractivity contribution in [2.24, 2.45) is 0 Å². The summed E-state index contributed by atoms with van der Waals surface area (Å²) in [4.78, 5) is 11.7. The number of amides is 1. The summed E-state index contributed by atoms with van der Waals surface area (Å²) in [7, 11) is -3.27. The highest BCUT2D eigenvalue weighted by Gasteiger charge is 2.10. The number of benzene rings is 1. The third-order valence-electron chi connectivity index (χ3n) is 1.90. The molecule has 0 atom stereocenters. The number of sulfone groups is 1. The first kappa shape index (κ1) is 13.2. The topological polar surface area (TPSA) is 63.2 Å². The summed E-state index contributed by atoms with van der Waals surface area (Å²) in [6, 6.07) is 5.98. The molecule has 0 aliphatic heterocycles. The molecule has 0 bridgehead atoms. The molecule has 6 heteroatoms. The van der Waals surface area contributed by atoms with Gasteiger partial charge < -0.3 is 5.32 Å². The predicted octanol–water partition coefficient (Wildman–Crippen LogP) is 1.21. The maximum Gasteiger partial charge on any atom is 0.251 e.